The highest BCUT2D eigenvalue weighted by Crippen LogP contribution is 2.44. The number of benzene rings is 1. The molecule has 1 saturated heterocycles. The fraction of sp³-hybridized carbons (Fsp3) is 0.333. The highest BCUT2D eigenvalue weighted by Gasteiger charge is 2.42. The van der Waals surface area contributed by atoms with Gasteiger partial charge in [0.2, 0.25) is 0 Å². The summed E-state index contributed by atoms with van der Waals surface area (Å²) in [5.41, 5.74) is 2.16. The molecule has 1 nitrogen and oxygen atoms in total. The van der Waals surface area contributed by atoms with Crippen LogP contribution in [-0.2, 0) is 4.74 Å². The third-order valence-electron chi connectivity index (χ3n) is 2.62. The topological polar surface area (TPSA) is 12.5 Å². The molecular weight excluding hydrogens is 198 g/mol. The van der Waals surface area contributed by atoms with Crippen molar-refractivity contribution < 1.29 is 13.5 Å². The number of hydrogen-bond donors (Lipinski definition) is 0. The van der Waals surface area contributed by atoms with Crippen LogP contribution in [0.25, 0.3) is 0 Å². The molecule has 0 amide bonds. The predicted molar refractivity (Wildman–Crippen MR) is 53.7 cm³/mol. The molecule has 0 aromatic heterocycles. The lowest BCUT2D eigenvalue weighted by Gasteiger charge is -1.97. The zero-order valence-electron chi connectivity index (χ0n) is 8.63. The maximum atomic E-state index is 12.3. The van der Waals surface area contributed by atoms with Crippen molar-refractivity contribution >= 4 is 0 Å². The highest BCUT2D eigenvalue weighted by atomic mass is 19.3. The second kappa shape index (κ2) is 3.74. The van der Waals surface area contributed by atoms with Gasteiger partial charge in [0.05, 0.1) is 0 Å². The van der Waals surface area contributed by atoms with E-state index in [2.05, 4.69) is 0 Å². The van der Waals surface area contributed by atoms with Crippen LogP contribution >= 0.6 is 0 Å². The van der Waals surface area contributed by atoms with E-state index in [0.29, 0.717) is 0 Å². The van der Waals surface area contributed by atoms with E-state index in [1.54, 1.807) is 0 Å². The summed E-state index contributed by atoms with van der Waals surface area (Å²) in [4.78, 5) is 0. The van der Waals surface area contributed by atoms with Crippen molar-refractivity contribution in [3.8, 4) is 0 Å². The molecule has 0 radical (unpaired) electrons. The Hall–Kier alpha value is -1.22. The molecule has 1 fully saturated rings. The summed E-state index contributed by atoms with van der Waals surface area (Å²) in [5.74, 6) is 0. The Kier molecular flexibility index (Phi) is 2.57. The lowest BCUT2D eigenvalue weighted by atomic mass is 10.1. The summed E-state index contributed by atoms with van der Waals surface area (Å²) in [5, 5.41) is 0. The Morgan fingerprint density at radius 2 is 1.80 bits per heavy atom. The second-order valence-electron chi connectivity index (χ2n) is 3.83. The molecule has 15 heavy (non-hydrogen) atoms. The number of aryl methyl sites for hydroxylation is 1. The Balaban J connectivity index is 2.11. The van der Waals surface area contributed by atoms with Crippen LogP contribution in [0.2, 0.25) is 0 Å². The Morgan fingerprint density at radius 1 is 1.20 bits per heavy atom. The van der Waals surface area contributed by atoms with Crippen molar-refractivity contribution in [2.45, 2.75) is 26.1 Å². The van der Waals surface area contributed by atoms with Crippen molar-refractivity contribution in [2.75, 3.05) is 0 Å². The fourth-order valence-electron chi connectivity index (χ4n) is 1.56. The van der Waals surface area contributed by atoms with Crippen LogP contribution in [0.4, 0.5) is 8.78 Å². The van der Waals surface area contributed by atoms with Crippen molar-refractivity contribution in [1.29, 1.82) is 0 Å². The second-order valence-corrected chi connectivity index (χ2v) is 3.83. The van der Waals surface area contributed by atoms with Crippen molar-refractivity contribution in [2.24, 2.45) is 0 Å². The van der Waals surface area contributed by atoms with Gasteiger partial charge in [-0.15, -0.1) is 0 Å². The van der Waals surface area contributed by atoms with Crippen LogP contribution in [0.1, 0.15) is 24.2 Å². The number of epoxide rings is 1. The molecule has 1 aromatic carbocycles. The smallest absolute Gasteiger partial charge is 0.271 e. The van der Waals surface area contributed by atoms with Gasteiger partial charge in [-0.2, -0.15) is 8.78 Å². The molecule has 0 saturated carbocycles. The lowest BCUT2D eigenvalue weighted by Crippen LogP contribution is -1.92. The fourth-order valence-corrected chi connectivity index (χ4v) is 1.56. The quantitative estimate of drug-likeness (QED) is 0.679. The van der Waals surface area contributed by atoms with Gasteiger partial charge < -0.3 is 4.74 Å². The standard InChI is InChI=1S/C12H12F2O/c1-7-3-5-9(6-4-7)11-10(15-11)8(2)12(13)14/h3-6,10-11H,1-2H3. The number of ether oxygens (including phenoxy) is 1. The third-order valence-corrected chi connectivity index (χ3v) is 2.62. The molecule has 80 valence electrons. The molecule has 0 N–H and O–H groups in total. The summed E-state index contributed by atoms with van der Waals surface area (Å²) in [7, 11) is 0. The summed E-state index contributed by atoms with van der Waals surface area (Å²) < 4.78 is 29.8. The van der Waals surface area contributed by atoms with Gasteiger partial charge >= 0.3 is 0 Å². The van der Waals surface area contributed by atoms with Crippen molar-refractivity contribution in [3.63, 3.8) is 0 Å². The molecule has 3 heteroatoms. The third kappa shape index (κ3) is 2.07. The zero-order valence-corrected chi connectivity index (χ0v) is 8.63. The van der Waals surface area contributed by atoms with Gasteiger partial charge in [-0.1, -0.05) is 29.8 Å². The van der Waals surface area contributed by atoms with Gasteiger partial charge in [-0.25, -0.2) is 0 Å². The predicted octanol–water partition coefficient (Wildman–Crippen LogP) is 3.61. The van der Waals surface area contributed by atoms with E-state index in [1.807, 2.05) is 31.2 Å². The van der Waals surface area contributed by atoms with Crippen LogP contribution in [0.15, 0.2) is 35.9 Å². The van der Waals surface area contributed by atoms with Gasteiger partial charge in [0.1, 0.15) is 12.2 Å². The normalized spacial score (nSPS) is 23.7. The first kappa shape index (κ1) is 10.3. The number of rotatable bonds is 2. The van der Waals surface area contributed by atoms with E-state index in [1.165, 1.54) is 6.92 Å². The van der Waals surface area contributed by atoms with E-state index in [9.17, 15) is 8.78 Å². The van der Waals surface area contributed by atoms with Crippen molar-refractivity contribution in [3.05, 3.63) is 47.0 Å². The SMILES string of the molecule is CC(=C(F)F)C1OC1c1ccc(C)cc1. The van der Waals surface area contributed by atoms with Gasteiger partial charge in [0.25, 0.3) is 6.08 Å². The molecule has 1 aromatic rings. The van der Waals surface area contributed by atoms with Crippen LogP contribution < -0.4 is 0 Å². The first-order valence-corrected chi connectivity index (χ1v) is 4.83. The van der Waals surface area contributed by atoms with E-state index < -0.39 is 12.2 Å². The Bertz CT molecular complexity index is 391. The first-order valence-electron chi connectivity index (χ1n) is 4.83. The molecular formula is C12H12F2O. The average molecular weight is 210 g/mol. The van der Waals surface area contributed by atoms with Crippen LogP contribution in [0.5, 0.6) is 0 Å². The van der Waals surface area contributed by atoms with Gasteiger partial charge in [-0.05, 0) is 19.4 Å². The average Bonchev–Trinajstić information content (AvgIpc) is 2.97. The molecule has 1 aliphatic rings. The minimum Gasteiger partial charge on any atom is -0.360 e. The molecule has 2 atom stereocenters. The van der Waals surface area contributed by atoms with E-state index in [4.69, 9.17) is 4.74 Å². The summed E-state index contributed by atoms with van der Waals surface area (Å²) >= 11 is 0. The van der Waals surface area contributed by atoms with E-state index in [0.717, 1.165) is 11.1 Å². The Morgan fingerprint density at radius 3 is 2.33 bits per heavy atom. The summed E-state index contributed by atoms with van der Waals surface area (Å²) in [6, 6.07) is 7.75. The minimum absolute atomic E-state index is 0.0422. The molecule has 0 aliphatic carbocycles. The summed E-state index contributed by atoms with van der Waals surface area (Å²) in [6.07, 6.45) is -2.25. The Labute approximate surface area is 87.4 Å². The number of hydrogen-bond acceptors (Lipinski definition) is 1. The van der Waals surface area contributed by atoms with Gasteiger partial charge in [0, 0.05) is 5.57 Å². The highest BCUT2D eigenvalue weighted by molar-refractivity contribution is 5.30. The van der Waals surface area contributed by atoms with Crippen LogP contribution in [0, 0.1) is 6.92 Å². The lowest BCUT2D eigenvalue weighted by molar-refractivity contribution is 0.367. The van der Waals surface area contributed by atoms with Gasteiger partial charge in [-0.3, -0.25) is 0 Å². The molecule has 0 bridgehead atoms. The largest absolute Gasteiger partial charge is 0.360 e. The molecule has 1 aliphatic heterocycles. The van der Waals surface area contributed by atoms with Crippen LogP contribution in [0.3, 0.4) is 0 Å². The first-order chi connectivity index (χ1) is 7.09. The van der Waals surface area contributed by atoms with E-state index >= 15 is 0 Å². The zero-order chi connectivity index (χ0) is 11.0. The molecule has 0 spiro atoms. The van der Waals surface area contributed by atoms with E-state index in [-0.39, 0.29) is 11.7 Å². The minimum atomic E-state index is -1.63. The maximum Gasteiger partial charge on any atom is 0.271 e. The van der Waals surface area contributed by atoms with Gasteiger partial charge in [0.15, 0.2) is 0 Å². The molecule has 1 heterocycles. The number of halogens is 2. The summed E-state index contributed by atoms with van der Waals surface area (Å²) in [6.45, 7) is 3.40. The van der Waals surface area contributed by atoms with Crippen LogP contribution in [-0.4, -0.2) is 6.10 Å². The molecule has 2 unspecified atom stereocenters. The molecule has 2 rings (SSSR count). The maximum absolute atomic E-state index is 12.3. The van der Waals surface area contributed by atoms with Crippen molar-refractivity contribution in [1.82, 2.24) is 0 Å². The monoisotopic (exact) mass is 210 g/mol.